The van der Waals surface area contributed by atoms with Crippen molar-refractivity contribution in [3.63, 3.8) is 0 Å². The lowest BCUT2D eigenvalue weighted by molar-refractivity contribution is -0.114. The maximum Gasteiger partial charge on any atom is 0.186 e. The summed E-state index contributed by atoms with van der Waals surface area (Å²) in [6.07, 6.45) is 2.46. The van der Waals surface area contributed by atoms with E-state index in [2.05, 4.69) is 26.1 Å². The highest BCUT2D eigenvalue weighted by molar-refractivity contribution is 9.10. The van der Waals surface area contributed by atoms with Crippen molar-refractivity contribution in [3.05, 3.63) is 37.1 Å². The number of Topliss-reactive ketones (excluding diaryl/α,β-unsaturated/α-hetero) is 1. The summed E-state index contributed by atoms with van der Waals surface area (Å²) in [6.45, 7) is 1.87. The minimum absolute atomic E-state index is 0.107. The van der Waals surface area contributed by atoms with Gasteiger partial charge in [0.25, 0.3) is 0 Å². The first kappa shape index (κ1) is 20.5. The van der Waals surface area contributed by atoms with Crippen molar-refractivity contribution in [3.8, 4) is 17.6 Å². The molecule has 1 fully saturated rings. The molecule has 0 bridgehead atoms. The Morgan fingerprint density at radius 3 is 2.86 bits per heavy atom. The lowest BCUT2D eigenvalue weighted by Gasteiger charge is -2.11. The standard InChI is InChI=1S/C18H15BrN4O3S2/c1-3-13-22-23-18(28-13)14-15(24)12(27-17(14)21)8-9-6-10(19)16(26-5-4-20)11(7-9)25-2/h6-8,14,21H,3,5H2,1-2H3/b12-8-,21-17?/t14-/m1/s1. The summed E-state index contributed by atoms with van der Waals surface area (Å²) in [5.74, 6) is 0.0183. The summed E-state index contributed by atoms with van der Waals surface area (Å²) < 4.78 is 11.3. The van der Waals surface area contributed by atoms with Crippen molar-refractivity contribution in [1.82, 2.24) is 10.2 Å². The zero-order valence-electron chi connectivity index (χ0n) is 15.0. The highest BCUT2D eigenvalue weighted by Gasteiger charge is 2.39. The largest absolute Gasteiger partial charge is 0.493 e. The smallest absolute Gasteiger partial charge is 0.186 e. The number of halogens is 1. The van der Waals surface area contributed by atoms with E-state index in [0.717, 1.165) is 23.2 Å². The Balaban J connectivity index is 1.91. The van der Waals surface area contributed by atoms with E-state index in [-0.39, 0.29) is 17.4 Å². The Kier molecular flexibility index (Phi) is 6.49. The number of hydrogen-bond donors (Lipinski definition) is 1. The van der Waals surface area contributed by atoms with E-state index in [1.807, 2.05) is 13.0 Å². The molecule has 1 aliphatic rings. The predicted molar refractivity (Wildman–Crippen MR) is 112 cm³/mol. The third kappa shape index (κ3) is 4.11. The molecule has 0 saturated carbocycles. The second-order valence-corrected chi connectivity index (χ2v) is 8.67. The van der Waals surface area contributed by atoms with Gasteiger partial charge in [0.1, 0.15) is 22.0 Å². The first-order valence-electron chi connectivity index (χ1n) is 8.20. The van der Waals surface area contributed by atoms with Gasteiger partial charge in [-0.2, -0.15) is 5.26 Å². The van der Waals surface area contributed by atoms with Gasteiger partial charge in [0.05, 0.1) is 21.5 Å². The van der Waals surface area contributed by atoms with Crippen molar-refractivity contribution < 1.29 is 14.3 Å². The van der Waals surface area contributed by atoms with E-state index in [9.17, 15) is 4.79 Å². The second-order valence-electron chi connectivity index (χ2n) is 5.64. The van der Waals surface area contributed by atoms with Crippen LogP contribution in [-0.4, -0.2) is 34.7 Å². The number of thioether (sulfide) groups is 1. The topological polar surface area (TPSA) is 109 Å². The average Bonchev–Trinajstić information content (AvgIpc) is 3.24. The van der Waals surface area contributed by atoms with Gasteiger partial charge in [-0.1, -0.05) is 18.7 Å². The number of aromatic nitrogens is 2. The van der Waals surface area contributed by atoms with Crippen LogP contribution >= 0.6 is 39.0 Å². The summed E-state index contributed by atoms with van der Waals surface area (Å²) in [7, 11) is 1.50. The predicted octanol–water partition coefficient (Wildman–Crippen LogP) is 4.19. The number of aryl methyl sites for hydroxylation is 1. The van der Waals surface area contributed by atoms with Gasteiger partial charge < -0.3 is 9.47 Å². The molecule has 1 saturated heterocycles. The van der Waals surface area contributed by atoms with Crippen molar-refractivity contribution in [2.24, 2.45) is 0 Å². The van der Waals surface area contributed by atoms with Crippen LogP contribution < -0.4 is 9.47 Å². The average molecular weight is 479 g/mol. The quantitative estimate of drug-likeness (QED) is 0.619. The van der Waals surface area contributed by atoms with Crippen molar-refractivity contribution in [2.75, 3.05) is 13.7 Å². The van der Waals surface area contributed by atoms with E-state index < -0.39 is 5.92 Å². The molecular formula is C18H15BrN4O3S2. The molecule has 2 heterocycles. The van der Waals surface area contributed by atoms with Gasteiger partial charge in [-0.15, -0.1) is 21.5 Å². The van der Waals surface area contributed by atoms with Crippen LogP contribution in [0.15, 0.2) is 21.5 Å². The number of hydrogen-bond acceptors (Lipinski definition) is 9. The molecule has 0 radical (unpaired) electrons. The maximum absolute atomic E-state index is 12.9. The van der Waals surface area contributed by atoms with Gasteiger partial charge in [0, 0.05) is 0 Å². The van der Waals surface area contributed by atoms with Crippen molar-refractivity contribution in [1.29, 1.82) is 10.7 Å². The zero-order valence-corrected chi connectivity index (χ0v) is 18.2. The normalized spacial score (nSPS) is 17.8. The highest BCUT2D eigenvalue weighted by atomic mass is 79.9. The molecule has 7 nitrogen and oxygen atoms in total. The van der Waals surface area contributed by atoms with Gasteiger partial charge >= 0.3 is 0 Å². The number of ketones is 1. The number of rotatable bonds is 6. The third-order valence-electron chi connectivity index (χ3n) is 3.85. The van der Waals surface area contributed by atoms with E-state index in [0.29, 0.717) is 31.4 Å². The van der Waals surface area contributed by atoms with E-state index in [1.54, 1.807) is 18.2 Å². The van der Waals surface area contributed by atoms with Gasteiger partial charge in [0.15, 0.2) is 23.9 Å². The fraction of sp³-hybridized carbons (Fsp3) is 0.278. The number of nitrogens with one attached hydrogen (secondary N) is 1. The Morgan fingerprint density at radius 1 is 1.43 bits per heavy atom. The molecule has 28 heavy (non-hydrogen) atoms. The Bertz CT molecular complexity index is 1010. The Hall–Kier alpha value is -2.22. The highest BCUT2D eigenvalue weighted by Crippen LogP contribution is 2.43. The Morgan fingerprint density at radius 2 is 2.21 bits per heavy atom. The molecular weight excluding hydrogens is 464 g/mol. The molecule has 0 aliphatic carbocycles. The first-order valence-corrected chi connectivity index (χ1v) is 10.6. The van der Waals surface area contributed by atoms with E-state index in [1.165, 1.54) is 18.4 Å². The van der Waals surface area contributed by atoms with Crippen LogP contribution in [0.5, 0.6) is 11.5 Å². The fourth-order valence-corrected chi connectivity index (χ4v) is 5.09. The van der Waals surface area contributed by atoms with Crippen LogP contribution in [0.1, 0.15) is 28.4 Å². The SMILES string of the molecule is CCc1nnc([C@H]2C(=N)S/C(=C\c3cc(Br)c(OCC#N)c(OC)c3)C2=O)s1. The molecule has 1 atom stereocenters. The third-order valence-corrected chi connectivity index (χ3v) is 6.57. The number of benzene rings is 1. The van der Waals surface area contributed by atoms with E-state index >= 15 is 0 Å². The maximum atomic E-state index is 12.9. The number of allylic oxidation sites excluding steroid dienone is 1. The summed E-state index contributed by atoms with van der Waals surface area (Å²) >= 11 is 5.91. The molecule has 0 spiro atoms. The molecule has 0 unspecified atom stereocenters. The molecule has 3 rings (SSSR count). The zero-order chi connectivity index (χ0) is 20.3. The van der Waals surface area contributed by atoms with Crippen LogP contribution in [0.4, 0.5) is 0 Å². The molecule has 10 heteroatoms. The van der Waals surface area contributed by atoms with Crippen LogP contribution in [0.3, 0.4) is 0 Å². The Labute approximate surface area is 178 Å². The minimum Gasteiger partial charge on any atom is -0.493 e. The van der Waals surface area contributed by atoms with Gasteiger partial charge in [0.2, 0.25) is 0 Å². The lowest BCUT2D eigenvalue weighted by atomic mass is 10.1. The second kappa shape index (κ2) is 8.86. The minimum atomic E-state index is -0.683. The van der Waals surface area contributed by atoms with E-state index in [4.69, 9.17) is 20.1 Å². The molecule has 1 aromatic heterocycles. The molecule has 1 N–H and O–H groups in total. The van der Waals surface area contributed by atoms with Gasteiger partial charge in [-0.05, 0) is 46.1 Å². The number of nitrogens with zero attached hydrogens (tertiary/aromatic N) is 3. The molecule has 1 aromatic carbocycles. The summed E-state index contributed by atoms with van der Waals surface area (Å²) in [4.78, 5) is 13.3. The summed E-state index contributed by atoms with van der Waals surface area (Å²) in [5, 5.41) is 26.7. The van der Waals surface area contributed by atoms with Crippen LogP contribution in [0.25, 0.3) is 6.08 Å². The number of carbonyl (C=O) groups is 1. The molecule has 0 amide bonds. The molecule has 2 aromatic rings. The number of ether oxygens (including phenoxy) is 2. The van der Waals surface area contributed by atoms with Gasteiger partial charge in [-0.3, -0.25) is 10.2 Å². The summed E-state index contributed by atoms with van der Waals surface area (Å²) in [5.41, 5.74) is 0.712. The molecule has 144 valence electrons. The number of carbonyl (C=O) groups excluding carboxylic acids is 1. The fourth-order valence-electron chi connectivity index (χ4n) is 2.56. The van der Waals surface area contributed by atoms with Crippen LogP contribution in [0.2, 0.25) is 0 Å². The van der Waals surface area contributed by atoms with Crippen LogP contribution in [-0.2, 0) is 11.2 Å². The van der Waals surface area contributed by atoms with Gasteiger partial charge in [-0.25, -0.2) is 0 Å². The first-order chi connectivity index (χ1) is 13.5. The number of methoxy groups -OCH3 is 1. The van der Waals surface area contributed by atoms with Crippen molar-refractivity contribution >= 4 is 55.9 Å². The number of nitriles is 1. The summed E-state index contributed by atoms with van der Waals surface area (Å²) in [6, 6.07) is 5.40. The monoisotopic (exact) mass is 478 g/mol. The van der Waals surface area contributed by atoms with Crippen molar-refractivity contribution in [2.45, 2.75) is 19.3 Å². The van der Waals surface area contributed by atoms with Crippen LogP contribution in [0, 0.1) is 16.7 Å². The lowest BCUT2D eigenvalue weighted by Crippen LogP contribution is -2.11. The molecule has 1 aliphatic heterocycles.